The van der Waals surface area contributed by atoms with Crippen LogP contribution in [0.15, 0.2) is 53.4 Å². The Labute approximate surface area is 164 Å². The van der Waals surface area contributed by atoms with Crippen LogP contribution in [0.3, 0.4) is 0 Å². The van der Waals surface area contributed by atoms with Gasteiger partial charge in [-0.1, -0.05) is 24.3 Å². The van der Waals surface area contributed by atoms with Gasteiger partial charge in [0.1, 0.15) is 0 Å². The van der Waals surface area contributed by atoms with Crippen molar-refractivity contribution in [1.82, 2.24) is 0 Å². The second kappa shape index (κ2) is 7.63. The molecule has 0 radical (unpaired) electrons. The van der Waals surface area contributed by atoms with E-state index in [0.717, 1.165) is 17.5 Å². The minimum absolute atomic E-state index is 0.0551. The largest absolute Gasteiger partial charge is 0.369 e. The molecule has 0 aliphatic carbocycles. The lowest BCUT2D eigenvalue weighted by molar-refractivity contribution is -0.119. The number of nitrogens with one attached hydrogen (secondary N) is 1. The van der Waals surface area contributed by atoms with Gasteiger partial charge in [-0.15, -0.1) is 0 Å². The third-order valence-corrected chi connectivity index (χ3v) is 6.04. The zero-order chi connectivity index (χ0) is 20.5. The van der Waals surface area contributed by atoms with Crippen LogP contribution in [-0.2, 0) is 19.4 Å². The fraction of sp³-hybridized carbons (Fsp3) is 0.300. The Balaban J connectivity index is 1.80. The molecule has 2 amide bonds. The average molecular weight is 401 g/mol. The molecule has 0 fully saturated rings. The Morgan fingerprint density at radius 3 is 2.57 bits per heavy atom. The molecule has 2 atom stereocenters. The number of sulfone groups is 1. The van der Waals surface area contributed by atoms with Crippen molar-refractivity contribution in [3.8, 4) is 0 Å². The van der Waals surface area contributed by atoms with Crippen LogP contribution < -0.4 is 16.0 Å². The van der Waals surface area contributed by atoms with E-state index in [1.165, 1.54) is 12.1 Å². The second-order valence-electron chi connectivity index (χ2n) is 7.07. The monoisotopic (exact) mass is 401 g/mol. The number of nitrogens with two attached hydrogens (primary N) is 1. The highest BCUT2D eigenvalue weighted by Gasteiger charge is 2.33. The van der Waals surface area contributed by atoms with E-state index in [0.29, 0.717) is 12.1 Å². The van der Waals surface area contributed by atoms with Crippen molar-refractivity contribution in [2.75, 3.05) is 23.0 Å². The molecule has 148 valence electrons. The van der Waals surface area contributed by atoms with Gasteiger partial charge in [0.25, 0.3) is 0 Å². The van der Waals surface area contributed by atoms with Gasteiger partial charge in [0.2, 0.25) is 11.8 Å². The van der Waals surface area contributed by atoms with E-state index in [1.807, 2.05) is 36.1 Å². The molecule has 2 aromatic carbocycles. The summed E-state index contributed by atoms with van der Waals surface area (Å²) in [7, 11) is -3.36. The maximum Gasteiger partial charge on any atom is 0.243 e. The minimum atomic E-state index is -3.36. The maximum absolute atomic E-state index is 12.6. The molecule has 0 saturated heterocycles. The van der Waals surface area contributed by atoms with Crippen molar-refractivity contribution in [3.63, 3.8) is 0 Å². The lowest BCUT2D eigenvalue weighted by atomic mass is 9.85. The molecule has 8 heteroatoms. The van der Waals surface area contributed by atoms with E-state index < -0.39 is 9.84 Å². The number of carbonyl (C=O) groups is 2. The number of primary amides is 1. The van der Waals surface area contributed by atoms with Crippen LogP contribution >= 0.6 is 0 Å². The number of hydrogen-bond donors (Lipinski definition) is 2. The molecule has 1 aliphatic rings. The summed E-state index contributed by atoms with van der Waals surface area (Å²) in [4.78, 5) is 26.5. The van der Waals surface area contributed by atoms with E-state index in [-0.39, 0.29) is 35.2 Å². The number of rotatable bonds is 5. The highest BCUT2D eigenvalue weighted by molar-refractivity contribution is 7.90. The Morgan fingerprint density at radius 1 is 1.18 bits per heavy atom. The van der Waals surface area contributed by atoms with Gasteiger partial charge in [-0.3, -0.25) is 9.59 Å². The maximum atomic E-state index is 12.6. The molecule has 2 aromatic rings. The fourth-order valence-electron chi connectivity index (χ4n) is 3.55. The van der Waals surface area contributed by atoms with E-state index in [4.69, 9.17) is 5.73 Å². The van der Waals surface area contributed by atoms with Gasteiger partial charge in [0.05, 0.1) is 17.4 Å². The van der Waals surface area contributed by atoms with Gasteiger partial charge < -0.3 is 16.0 Å². The lowest BCUT2D eigenvalue weighted by Gasteiger charge is -2.39. The molecule has 1 heterocycles. The van der Waals surface area contributed by atoms with E-state index in [9.17, 15) is 18.0 Å². The Hall–Kier alpha value is -2.87. The van der Waals surface area contributed by atoms with Gasteiger partial charge in [-0.05, 0) is 43.2 Å². The Morgan fingerprint density at radius 2 is 1.89 bits per heavy atom. The lowest BCUT2D eigenvalue weighted by Crippen LogP contribution is -2.45. The summed E-state index contributed by atoms with van der Waals surface area (Å²) in [5, 5.41) is 2.75. The second-order valence-corrected chi connectivity index (χ2v) is 9.09. The van der Waals surface area contributed by atoms with Crippen molar-refractivity contribution in [2.24, 2.45) is 5.73 Å². The normalized spacial score (nSPS) is 19.0. The SMILES string of the molecule is C[C@@H]1C[C@@H](C(N)=O)c2ccccc2N1CC(=O)Nc1cccc(S(C)(=O)=O)c1. The van der Waals surface area contributed by atoms with Gasteiger partial charge in [-0.2, -0.15) is 0 Å². The first-order valence-corrected chi connectivity index (χ1v) is 10.8. The van der Waals surface area contributed by atoms with Crippen LogP contribution in [0.5, 0.6) is 0 Å². The molecule has 3 N–H and O–H groups in total. The van der Waals surface area contributed by atoms with E-state index in [1.54, 1.807) is 12.1 Å². The third kappa shape index (κ3) is 4.17. The smallest absolute Gasteiger partial charge is 0.243 e. The Bertz CT molecular complexity index is 1020. The quantitative estimate of drug-likeness (QED) is 0.795. The average Bonchev–Trinajstić information content (AvgIpc) is 2.63. The van der Waals surface area contributed by atoms with Crippen molar-refractivity contribution in [2.45, 2.75) is 30.2 Å². The first kappa shape index (κ1) is 19.9. The van der Waals surface area contributed by atoms with E-state index in [2.05, 4.69) is 5.32 Å². The Kier molecular flexibility index (Phi) is 5.42. The summed E-state index contributed by atoms with van der Waals surface area (Å²) in [5.41, 5.74) is 7.60. The highest BCUT2D eigenvalue weighted by Crippen LogP contribution is 2.38. The molecule has 0 saturated carbocycles. The molecular weight excluding hydrogens is 378 g/mol. The van der Waals surface area contributed by atoms with Gasteiger partial charge in [0.15, 0.2) is 9.84 Å². The van der Waals surface area contributed by atoms with Gasteiger partial charge in [0, 0.05) is 23.7 Å². The zero-order valence-corrected chi connectivity index (χ0v) is 16.6. The topological polar surface area (TPSA) is 110 Å². The molecular formula is C20H23N3O4S. The first-order valence-electron chi connectivity index (χ1n) is 8.91. The van der Waals surface area contributed by atoms with Crippen LogP contribution in [0.4, 0.5) is 11.4 Å². The first-order chi connectivity index (χ1) is 13.2. The summed E-state index contributed by atoms with van der Waals surface area (Å²) < 4.78 is 23.4. The summed E-state index contributed by atoms with van der Waals surface area (Å²) in [6, 6.07) is 13.5. The summed E-state index contributed by atoms with van der Waals surface area (Å²) in [6.45, 7) is 2.02. The predicted molar refractivity (Wildman–Crippen MR) is 108 cm³/mol. The summed E-state index contributed by atoms with van der Waals surface area (Å²) in [5.74, 6) is -1.03. The zero-order valence-electron chi connectivity index (χ0n) is 15.8. The number of anilines is 2. The van der Waals surface area contributed by atoms with Crippen LogP contribution in [0.2, 0.25) is 0 Å². The van der Waals surface area contributed by atoms with Gasteiger partial charge in [-0.25, -0.2) is 8.42 Å². The molecule has 3 rings (SSSR count). The summed E-state index contributed by atoms with van der Waals surface area (Å²) in [6.07, 6.45) is 1.65. The standard InChI is InChI=1S/C20H23N3O4S/c1-13-10-17(20(21)25)16-8-3-4-9-18(16)23(13)12-19(24)22-14-6-5-7-15(11-14)28(2,26)27/h3-9,11,13,17H,10,12H2,1-2H3,(H2,21,25)(H,22,24)/t13-,17-/m1/s1. The molecule has 0 bridgehead atoms. The van der Waals surface area contributed by atoms with Crippen LogP contribution in [0.25, 0.3) is 0 Å². The molecule has 0 aromatic heterocycles. The number of hydrogen-bond acceptors (Lipinski definition) is 5. The number of carbonyl (C=O) groups excluding carboxylic acids is 2. The van der Waals surface area contributed by atoms with Crippen LogP contribution in [0, 0.1) is 0 Å². The number of para-hydroxylation sites is 1. The molecule has 1 aliphatic heterocycles. The van der Waals surface area contributed by atoms with Gasteiger partial charge >= 0.3 is 0 Å². The minimum Gasteiger partial charge on any atom is -0.369 e. The van der Waals surface area contributed by atoms with Crippen LogP contribution in [0.1, 0.15) is 24.8 Å². The molecule has 0 unspecified atom stereocenters. The number of nitrogens with zero attached hydrogens (tertiary/aromatic N) is 1. The van der Waals surface area contributed by atoms with Crippen LogP contribution in [-0.4, -0.2) is 39.1 Å². The molecule has 28 heavy (non-hydrogen) atoms. The highest BCUT2D eigenvalue weighted by atomic mass is 32.2. The number of fused-ring (bicyclic) bond motifs is 1. The summed E-state index contributed by atoms with van der Waals surface area (Å²) >= 11 is 0. The number of amides is 2. The molecule has 0 spiro atoms. The van der Waals surface area contributed by atoms with Crippen molar-refractivity contribution in [1.29, 1.82) is 0 Å². The predicted octanol–water partition coefficient (Wildman–Crippen LogP) is 1.90. The third-order valence-electron chi connectivity index (χ3n) is 4.93. The van der Waals surface area contributed by atoms with Crippen molar-refractivity contribution in [3.05, 3.63) is 54.1 Å². The van der Waals surface area contributed by atoms with E-state index >= 15 is 0 Å². The number of benzene rings is 2. The van der Waals surface area contributed by atoms with Crippen molar-refractivity contribution < 1.29 is 18.0 Å². The van der Waals surface area contributed by atoms with Crippen molar-refractivity contribution >= 4 is 33.0 Å². The molecule has 7 nitrogen and oxygen atoms in total. The fourth-order valence-corrected chi connectivity index (χ4v) is 4.21.